The van der Waals surface area contributed by atoms with E-state index in [0.29, 0.717) is 23.7 Å². The van der Waals surface area contributed by atoms with Crippen molar-refractivity contribution in [3.05, 3.63) is 17.8 Å². The first-order chi connectivity index (χ1) is 8.19. The maximum Gasteiger partial charge on any atom is 0.340 e. The number of esters is 1. The number of anilines is 2. The molecule has 5 nitrogen and oxygen atoms in total. The van der Waals surface area contributed by atoms with Crippen molar-refractivity contribution < 1.29 is 9.53 Å². The minimum absolute atomic E-state index is 0.329. The first-order valence-electron chi connectivity index (χ1n) is 5.34. The Morgan fingerprint density at radius 3 is 3.06 bits per heavy atom. The van der Waals surface area contributed by atoms with Gasteiger partial charge < -0.3 is 15.8 Å². The Morgan fingerprint density at radius 1 is 1.65 bits per heavy atom. The molecule has 17 heavy (non-hydrogen) atoms. The van der Waals surface area contributed by atoms with E-state index in [2.05, 4.69) is 10.3 Å². The summed E-state index contributed by atoms with van der Waals surface area (Å²) in [5, 5.41) is 3.11. The molecule has 0 unspecified atom stereocenters. The minimum Gasteiger partial charge on any atom is -0.462 e. The van der Waals surface area contributed by atoms with Gasteiger partial charge in [-0.25, -0.2) is 9.78 Å². The monoisotopic (exact) mass is 255 g/mol. The van der Waals surface area contributed by atoms with Gasteiger partial charge in [0.2, 0.25) is 0 Å². The molecule has 94 valence electrons. The van der Waals surface area contributed by atoms with Crippen molar-refractivity contribution in [1.29, 1.82) is 0 Å². The number of hydrogen-bond donors (Lipinski definition) is 2. The van der Waals surface area contributed by atoms with Gasteiger partial charge in [-0.1, -0.05) is 0 Å². The molecular formula is C11H17N3O2S. The minimum atomic E-state index is -0.416. The molecule has 0 bridgehead atoms. The molecule has 0 radical (unpaired) electrons. The summed E-state index contributed by atoms with van der Waals surface area (Å²) in [4.78, 5) is 15.7. The van der Waals surface area contributed by atoms with Gasteiger partial charge in [-0.15, -0.1) is 0 Å². The molecule has 3 N–H and O–H groups in total. The molecule has 1 aromatic rings. The average molecular weight is 255 g/mol. The maximum absolute atomic E-state index is 11.6. The van der Waals surface area contributed by atoms with E-state index < -0.39 is 5.97 Å². The number of aromatic nitrogens is 1. The van der Waals surface area contributed by atoms with Crippen LogP contribution in [0.3, 0.4) is 0 Å². The molecule has 0 aliphatic carbocycles. The maximum atomic E-state index is 11.6. The lowest BCUT2D eigenvalue weighted by Gasteiger charge is -2.08. The van der Waals surface area contributed by atoms with Gasteiger partial charge in [0.15, 0.2) is 0 Å². The lowest BCUT2D eigenvalue weighted by atomic mass is 10.2. The summed E-state index contributed by atoms with van der Waals surface area (Å²) >= 11 is 1.74. The number of hydrogen-bond acceptors (Lipinski definition) is 6. The molecule has 0 amide bonds. The van der Waals surface area contributed by atoms with E-state index in [1.807, 2.05) is 6.26 Å². The van der Waals surface area contributed by atoms with Gasteiger partial charge in [0.1, 0.15) is 5.82 Å². The molecule has 6 heteroatoms. The van der Waals surface area contributed by atoms with E-state index in [1.54, 1.807) is 24.8 Å². The van der Waals surface area contributed by atoms with Crippen LogP contribution >= 0.6 is 11.8 Å². The first-order valence-corrected chi connectivity index (χ1v) is 6.73. The van der Waals surface area contributed by atoms with Gasteiger partial charge in [0.25, 0.3) is 0 Å². The van der Waals surface area contributed by atoms with Crippen LogP contribution < -0.4 is 11.1 Å². The summed E-state index contributed by atoms with van der Waals surface area (Å²) in [6.45, 7) is 2.88. The molecule has 1 rings (SSSR count). The van der Waals surface area contributed by atoms with Crippen molar-refractivity contribution in [3.8, 4) is 0 Å². The van der Waals surface area contributed by atoms with Gasteiger partial charge in [0, 0.05) is 12.3 Å². The van der Waals surface area contributed by atoms with E-state index in [4.69, 9.17) is 10.5 Å². The smallest absolute Gasteiger partial charge is 0.340 e. The standard InChI is InChI=1S/C11H17N3O2S/c1-3-16-11(15)8-6-10(13-4-5-17-2)14-7-9(8)12/h6-7H,3-5,12H2,1-2H3,(H,13,14). The summed E-state index contributed by atoms with van der Waals surface area (Å²) in [5.74, 6) is 1.19. The quantitative estimate of drug-likeness (QED) is 0.594. The van der Waals surface area contributed by atoms with Crippen molar-refractivity contribution in [1.82, 2.24) is 4.98 Å². The number of carbonyl (C=O) groups is 1. The highest BCUT2D eigenvalue weighted by atomic mass is 32.2. The van der Waals surface area contributed by atoms with Crippen LogP contribution in [0.5, 0.6) is 0 Å². The molecular weight excluding hydrogens is 238 g/mol. The van der Waals surface area contributed by atoms with Crippen LogP contribution in [-0.2, 0) is 4.74 Å². The summed E-state index contributed by atoms with van der Waals surface area (Å²) in [6, 6.07) is 1.62. The number of ether oxygens (including phenoxy) is 1. The van der Waals surface area contributed by atoms with E-state index >= 15 is 0 Å². The molecule has 0 spiro atoms. The third-order valence-electron chi connectivity index (χ3n) is 2.04. The lowest BCUT2D eigenvalue weighted by Crippen LogP contribution is -2.11. The first kappa shape index (κ1) is 13.6. The van der Waals surface area contributed by atoms with Crippen molar-refractivity contribution in [2.75, 3.05) is 36.2 Å². The van der Waals surface area contributed by atoms with Gasteiger partial charge in [-0.2, -0.15) is 11.8 Å². The van der Waals surface area contributed by atoms with Crippen LogP contribution in [0.15, 0.2) is 12.3 Å². The Hall–Kier alpha value is -1.43. The second-order valence-electron chi connectivity index (χ2n) is 3.30. The normalized spacial score (nSPS) is 10.0. The van der Waals surface area contributed by atoms with Crippen LogP contribution in [0, 0.1) is 0 Å². The predicted molar refractivity (Wildman–Crippen MR) is 71.5 cm³/mol. The lowest BCUT2D eigenvalue weighted by molar-refractivity contribution is 0.0527. The predicted octanol–water partition coefficient (Wildman–Crippen LogP) is 1.62. The number of nitrogens with one attached hydrogen (secondary N) is 1. The van der Waals surface area contributed by atoms with E-state index in [0.717, 1.165) is 12.3 Å². The van der Waals surface area contributed by atoms with E-state index in [9.17, 15) is 4.79 Å². The molecule has 0 aliphatic rings. The van der Waals surface area contributed by atoms with Crippen LogP contribution in [0.2, 0.25) is 0 Å². The van der Waals surface area contributed by atoms with Crippen LogP contribution in [0.4, 0.5) is 11.5 Å². The molecule has 0 aliphatic heterocycles. The molecule has 0 atom stereocenters. The fraction of sp³-hybridized carbons (Fsp3) is 0.455. The zero-order chi connectivity index (χ0) is 12.7. The highest BCUT2D eigenvalue weighted by Gasteiger charge is 2.12. The average Bonchev–Trinajstić information content (AvgIpc) is 2.32. The molecule has 0 fully saturated rings. The number of carbonyl (C=O) groups excluding carboxylic acids is 1. The topological polar surface area (TPSA) is 77.2 Å². The van der Waals surface area contributed by atoms with Crippen molar-refractivity contribution in [2.45, 2.75) is 6.92 Å². The Balaban J connectivity index is 2.75. The van der Waals surface area contributed by atoms with Crippen molar-refractivity contribution in [2.24, 2.45) is 0 Å². The third kappa shape index (κ3) is 4.14. The largest absolute Gasteiger partial charge is 0.462 e. The summed E-state index contributed by atoms with van der Waals surface area (Å²) in [7, 11) is 0. The summed E-state index contributed by atoms with van der Waals surface area (Å²) in [6.07, 6.45) is 3.50. The van der Waals surface area contributed by atoms with Gasteiger partial charge in [-0.3, -0.25) is 0 Å². The SMILES string of the molecule is CCOC(=O)c1cc(NCCSC)ncc1N. The summed E-state index contributed by atoms with van der Waals surface area (Å²) in [5.41, 5.74) is 6.37. The number of nitrogens with two attached hydrogens (primary N) is 1. The Morgan fingerprint density at radius 2 is 2.41 bits per heavy atom. The molecule has 1 aromatic heterocycles. The molecule has 0 saturated heterocycles. The number of pyridine rings is 1. The molecule has 0 aromatic carbocycles. The Bertz CT molecular complexity index is 385. The number of rotatable bonds is 6. The third-order valence-corrected chi connectivity index (χ3v) is 2.65. The van der Waals surface area contributed by atoms with Gasteiger partial charge in [-0.05, 0) is 19.2 Å². The van der Waals surface area contributed by atoms with Crippen molar-refractivity contribution >= 4 is 29.2 Å². The fourth-order valence-electron chi connectivity index (χ4n) is 1.23. The molecule has 0 saturated carbocycles. The second-order valence-corrected chi connectivity index (χ2v) is 4.28. The summed E-state index contributed by atoms with van der Waals surface area (Å²) < 4.78 is 4.91. The number of nitrogen functional groups attached to an aromatic ring is 1. The Labute approximate surface area is 105 Å². The van der Waals surface area contributed by atoms with E-state index in [-0.39, 0.29) is 0 Å². The van der Waals surface area contributed by atoms with Crippen LogP contribution in [-0.4, -0.2) is 36.1 Å². The second kappa shape index (κ2) is 7.01. The van der Waals surface area contributed by atoms with Crippen molar-refractivity contribution in [3.63, 3.8) is 0 Å². The number of nitrogens with zero attached hydrogens (tertiary/aromatic N) is 1. The van der Waals surface area contributed by atoms with Crippen LogP contribution in [0.25, 0.3) is 0 Å². The molecule has 1 heterocycles. The van der Waals surface area contributed by atoms with E-state index in [1.165, 1.54) is 6.20 Å². The fourth-order valence-corrected chi connectivity index (χ4v) is 1.54. The highest BCUT2D eigenvalue weighted by molar-refractivity contribution is 7.98. The van der Waals surface area contributed by atoms with Gasteiger partial charge >= 0.3 is 5.97 Å². The zero-order valence-corrected chi connectivity index (χ0v) is 10.8. The Kier molecular flexibility index (Phi) is 5.62. The zero-order valence-electron chi connectivity index (χ0n) is 10.0. The highest BCUT2D eigenvalue weighted by Crippen LogP contribution is 2.16. The van der Waals surface area contributed by atoms with Crippen LogP contribution in [0.1, 0.15) is 17.3 Å². The van der Waals surface area contributed by atoms with Gasteiger partial charge in [0.05, 0.1) is 24.1 Å². The number of thioether (sulfide) groups is 1.